The fourth-order valence-electron chi connectivity index (χ4n) is 4.08. The van der Waals surface area contributed by atoms with Crippen molar-refractivity contribution >= 4 is 43.7 Å². The van der Waals surface area contributed by atoms with Crippen LogP contribution in [0.25, 0.3) is 16.8 Å². The van der Waals surface area contributed by atoms with Crippen molar-refractivity contribution in [1.29, 1.82) is 0 Å². The van der Waals surface area contributed by atoms with Gasteiger partial charge in [0.25, 0.3) is 0 Å². The molecule has 1 aliphatic carbocycles. The van der Waals surface area contributed by atoms with Gasteiger partial charge in [0.2, 0.25) is 10.0 Å². The zero-order chi connectivity index (χ0) is 28.7. The van der Waals surface area contributed by atoms with Crippen LogP contribution in [0, 0.1) is 6.92 Å². The van der Waals surface area contributed by atoms with Crippen LogP contribution in [-0.2, 0) is 10.0 Å². The van der Waals surface area contributed by atoms with Gasteiger partial charge >= 0.3 is 0 Å². The lowest BCUT2D eigenvalue weighted by atomic mass is 10.0. The Morgan fingerprint density at radius 3 is 2.33 bits per heavy atom. The van der Waals surface area contributed by atoms with E-state index in [0.717, 1.165) is 63.2 Å². The van der Waals surface area contributed by atoms with Crippen molar-refractivity contribution in [2.24, 2.45) is 16.0 Å². The summed E-state index contributed by atoms with van der Waals surface area (Å²) in [6.07, 6.45) is 2.86. The number of hydrogen-bond donors (Lipinski definition) is 4. The fourth-order valence-corrected chi connectivity index (χ4v) is 5.20. The highest BCUT2D eigenvalue weighted by molar-refractivity contribution is 9.10. The first-order chi connectivity index (χ1) is 19.2. The van der Waals surface area contributed by atoms with Gasteiger partial charge in [-0.25, -0.2) is 13.6 Å². The number of oxime groups is 1. The predicted molar refractivity (Wildman–Crippen MR) is 163 cm³/mol. The van der Waals surface area contributed by atoms with Crippen molar-refractivity contribution in [1.82, 2.24) is 0 Å². The molecule has 0 saturated heterocycles. The number of nitrogens with zero attached hydrogens (tertiary/aromatic N) is 1. The van der Waals surface area contributed by atoms with Gasteiger partial charge in [0.05, 0.1) is 4.90 Å². The highest BCUT2D eigenvalue weighted by Gasteiger charge is 2.23. The summed E-state index contributed by atoms with van der Waals surface area (Å²) in [6, 6.07) is 28.4. The first-order valence-corrected chi connectivity index (χ1v) is 14.7. The number of primary sulfonamides is 1. The molecule has 206 valence electrons. The minimum Gasteiger partial charge on any atom is -0.457 e. The van der Waals surface area contributed by atoms with Gasteiger partial charge in [-0.1, -0.05) is 63.6 Å². The van der Waals surface area contributed by atoms with Crippen LogP contribution in [0.4, 0.5) is 5.69 Å². The maximum absolute atomic E-state index is 12.0. The van der Waals surface area contributed by atoms with Crippen LogP contribution in [0.3, 0.4) is 0 Å². The number of rotatable bonds is 7. The Hall–Kier alpha value is -4.12. The van der Waals surface area contributed by atoms with E-state index < -0.39 is 10.0 Å². The van der Waals surface area contributed by atoms with Gasteiger partial charge in [0.1, 0.15) is 17.8 Å². The number of nitrogens with two attached hydrogens (primary N) is 2. The molecule has 4 aromatic rings. The van der Waals surface area contributed by atoms with Crippen molar-refractivity contribution < 1.29 is 18.4 Å². The number of anilines is 1. The fraction of sp³-hybridized carbons (Fsp3) is 0.100. The lowest BCUT2D eigenvalue weighted by Crippen LogP contribution is -2.13. The number of hydrogen-bond acceptors (Lipinski definition) is 6. The smallest absolute Gasteiger partial charge is 0.238 e. The van der Waals surface area contributed by atoms with E-state index in [1.807, 2.05) is 67.6 Å². The number of allylic oxidation sites excluding steroid dienone is 1. The van der Waals surface area contributed by atoms with Gasteiger partial charge in [-0.05, 0) is 85.0 Å². The topological polar surface area (TPSA) is 140 Å². The van der Waals surface area contributed by atoms with Crippen LogP contribution < -0.4 is 20.9 Å². The molecule has 6 N–H and O–H groups in total. The molecule has 1 fully saturated rings. The predicted octanol–water partition coefficient (Wildman–Crippen LogP) is 6.84. The lowest BCUT2D eigenvalue weighted by molar-refractivity contribution is 0.321. The summed E-state index contributed by atoms with van der Waals surface area (Å²) in [7, 11) is -3.83. The van der Waals surface area contributed by atoms with Crippen LogP contribution in [0.1, 0.15) is 24.0 Å². The van der Waals surface area contributed by atoms with Crippen LogP contribution >= 0.6 is 15.9 Å². The van der Waals surface area contributed by atoms with E-state index in [-0.39, 0.29) is 4.90 Å². The largest absolute Gasteiger partial charge is 0.457 e. The molecule has 0 radical (unpaired) electrons. The quantitative estimate of drug-likeness (QED) is 0.0771. The van der Waals surface area contributed by atoms with Crippen molar-refractivity contribution in [2.45, 2.75) is 24.7 Å². The summed E-state index contributed by atoms with van der Waals surface area (Å²) in [6.45, 7) is 2.04. The SMILES string of the molecule is Cc1cccc(Oc2ccc(Br)cc2C(Nc2ccc(-c3ccccc3S(N)(=O)=O)cc2)=C2CC2)c1.N/C=N/O. The third-order valence-electron chi connectivity index (χ3n) is 6.01. The molecule has 0 aliphatic heterocycles. The molecular weight excluding hydrogens is 592 g/mol. The van der Waals surface area contributed by atoms with E-state index in [4.69, 9.17) is 15.1 Å². The van der Waals surface area contributed by atoms with Crippen molar-refractivity contribution in [3.05, 3.63) is 112 Å². The minimum absolute atomic E-state index is 0.110. The molecule has 0 bridgehead atoms. The molecule has 1 aliphatic rings. The van der Waals surface area contributed by atoms with Gasteiger partial charge in [0, 0.05) is 27.0 Å². The van der Waals surface area contributed by atoms with Gasteiger partial charge in [-0.3, -0.25) is 0 Å². The maximum atomic E-state index is 12.0. The normalized spacial score (nSPS) is 12.4. The summed E-state index contributed by atoms with van der Waals surface area (Å²) in [4.78, 5) is 0.110. The summed E-state index contributed by atoms with van der Waals surface area (Å²) >= 11 is 3.61. The molecule has 1 saturated carbocycles. The molecule has 0 spiro atoms. The molecule has 40 heavy (non-hydrogen) atoms. The van der Waals surface area contributed by atoms with Gasteiger partial charge in [-0.2, -0.15) is 0 Å². The highest BCUT2D eigenvalue weighted by atomic mass is 79.9. The van der Waals surface area contributed by atoms with Crippen LogP contribution in [-0.4, -0.2) is 20.0 Å². The number of ether oxygens (including phenoxy) is 1. The standard InChI is InChI=1S/C29H25BrN2O3S.CH4N2O/c1-19-5-4-6-24(17-19)35-27-16-13-22(30)18-26(27)29(21-9-10-21)32-23-14-11-20(12-15-23)25-7-2-3-8-28(25)36(31,33)34;2-1-3-4/h2-8,11-18,32H,9-10H2,1H3,(H2,31,33,34);1,4H,(H2,2,3). The summed E-state index contributed by atoms with van der Waals surface area (Å²) in [5.74, 6) is 1.56. The van der Waals surface area contributed by atoms with E-state index in [2.05, 4.69) is 38.2 Å². The molecule has 0 atom stereocenters. The molecule has 0 amide bonds. The summed E-state index contributed by atoms with van der Waals surface area (Å²) in [5.41, 5.74) is 11.2. The molecule has 0 aromatic heterocycles. The van der Waals surface area contributed by atoms with Crippen molar-refractivity contribution in [3.63, 3.8) is 0 Å². The Kier molecular flexibility index (Phi) is 9.26. The molecule has 8 nitrogen and oxygen atoms in total. The first-order valence-electron chi connectivity index (χ1n) is 12.3. The second-order valence-electron chi connectivity index (χ2n) is 9.05. The second-order valence-corrected chi connectivity index (χ2v) is 11.5. The van der Waals surface area contributed by atoms with Crippen molar-refractivity contribution in [2.75, 3.05) is 5.32 Å². The molecule has 0 unspecified atom stereocenters. The van der Waals surface area contributed by atoms with Gasteiger partial charge in [0.15, 0.2) is 0 Å². The Balaban J connectivity index is 0.000000867. The average Bonchev–Trinajstić information content (AvgIpc) is 3.78. The monoisotopic (exact) mass is 620 g/mol. The van der Waals surface area contributed by atoms with Gasteiger partial charge in [-0.15, -0.1) is 0 Å². The maximum Gasteiger partial charge on any atom is 0.238 e. The Bertz CT molecular complexity index is 1660. The molecule has 5 rings (SSSR count). The first kappa shape index (κ1) is 28.9. The van der Waals surface area contributed by atoms with E-state index in [1.165, 1.54) is 11.6 Å². The van der Waals surface area contributed by atoms with Crippen LogP contribution in [0.5, 0.6) is 11.5 Å². The Morgan fingerprint density at radius 1 is 1.00 bits per heavy atom. The third-order valence-corrected chi connectivity index (χ3v) is 7.47. The highest BCUT2D eigenvalue weighted by Crippen LogP contribution is 2.42. The van der Waals surface area contributed by atoms with Gasteiger partial charge < -0.3 is 21.0 Å². The number of sulfonamides is 1. The molecule has 10 heteroatoms. The zero-order valence-electron chi connectivity index (χ0n) is 21.7. The zero-order valence-corrected chi connectivity index (χ0v) is 24.1. The van der Waals surface area contributed by atoms with Crippen LogP contribution in [0.15, 0.2) is 111 Å². The minimum atomic E-state index is -3.83. The third kappa shape index (κ3) is 7.50. The molecule has 4 aromatic carbocycles. The number of halogens is 1. The molecular formula is C30H29BrN4O4S. The average molecular weight is 622 g/mol. The van der Waals surface area contributed by atoms with E-state index >= 15 is 0 Å². The van der Waals surface area contributed by atoms with Crippen molar-refractivity contribution in [3.8, 4) is 22.6 Å². The Labute approximate surface area is 242 Å². The lowest BCUT2D eigenvalue weighted by Gasteiger charge is -2.17. The summed E-state index contributed by atoms with van der Waals surface area (Å²) < 4.78 is 31.3. The number of aryl methyl sites for hydroxylation is 1. The number of benzene rings is 4. The van der Waals surface area contributed by atoms with E-state index in [0.29, 0.717) is 5.56 Å². The Morgan fingerprint density at radius 2 is 1.70 bits per heavy atom. The second kappa shape index (κ2) is 12.8. The van der Waals surface area contributed by atoms with Crippen LogP contribution in [0.2, 0.25) is 0 Å². The van der Waals surface area contributed by atoms with E-state index in [1.54, 1.807) is 18.2 Å². The number of nitrogens with one attached hydrogen (secondary N) is 1. The molecule has 0 heterocycles. The summed E-state index contributed by atoms with van der Waals surface area (Å²) in [5, 5.41) is 18.7. The van der Waals surface area contributed by atoms with E-state index in [9.17, 15) is 8.42 Å².